The summed E-state index contributed by atoms with van der Waals surface area (Å²) in [6.07, 6.45) is 1.55. The van der Waals surface area contributed by atoms with Gasteiger partial charge in [0.1, 0.15) is 16.6 Å². The molecule has 0 unspecified atom stereocenters. The fourth-order valence-electron chi connectivity index (χ4n) is 2.36. The fraction of sp³-hybridized carbons (Fsp3) is 0.278. The Morgan fingerprint density at radius 3 is 2.77 bits per heavy atom. The number of halogens is 1. The second kappa shape index (κ2) is 7.10. The average molecular weight is 374 g/mol. The lowest BCUT2D eigenvalue weighted by Crippen LogP contribution is -2.40. The van der Waals surface area contributed by atoms with E-state index < -0.39 is 11.2 Å². The van der Waals surface area contributed by atoms with Gasteiger partial charge in [-0.1, -0.05) is 29.5 Å². The molecule has 1 aliphatic carbocycles. The second-order valence-corrected chi connectivity index (χ2v) is 6.37. The van der Waals surface area contributed by atoms with Gasteiger partial charge in [-0.05, 0) is 31.0 Å². The van der Waals surface area contributed by atoms with E-state index in [9.17, 15) is 19.5 Å². The molecule has 0 saturated heterocycles. The Morgan fingerprint density at radius 1 is 1.38 bits per heavy atom. The highest BCUT2D eigenvalue weighted by Crippen LogP contribution is 2.30. The molecule has 7 nitrogen and oxygen atoms in total. The molecule has 1 aliphatic rings. The number of amides is 1. The first kappa shape index (κ1) is 17.8. The van der Waals surface area contributed by atoms with Crippen LogP contribution < -0.4 is 16.6 Å². The van der Waals surface area contributed by atoms with E-state index in [0.29, 0.717) is 5.56 Å². The van der Waals surface area contributed by atoms with Gasteiger partial charge in [0.05, 0.1) is 6.54 Å². The zero-order chi connectivity index (χ0) is 18.8. The molecule has 0 radical (unpaired) electrons. The van der Waals surface area contributed by atoms with E-state index in [-0.39, 0.29) is 35.0 Å². The summed E-state index contributed by atoms with van der Waals surface area (Å²) in [6, 6.07) is 6.36. The van der Waals surface area contributed by atoms with Crippen LogP contribution in [0.2, 0.25) is 5.15 Å². The highest BCUT2D eigenvalue weighted by atomic mass is 35.5. The number of nitrogens with zero attached hydrogens (tertiary/aromatic N) is 2. The smallest absolute Gasteiger partial charge is 0.332 e. The van der Waals surface area contributed by atoms with Gasteiger partial charge in [-0.25, -0.2) is 4.79 Å². The van der Waals surface area contributed by atoms with Crippen molar-refractivity contribution in [1.29, 1.82) is 0 Å². The Hall–Kier alpha value is -2.98. The van der Waals surface area contributed by atoms with E-state index >= 15 is 0 Å². The van der Waals surface area contributed by atoms with Gasteiger partial charge < -0.3 is 10.4 Å². The summed E-state index contributed by atoms with van der Waals surface area (Å²) in [4.78, 5) is 36.5. The quantitative estimate of drug-likeness (QED) is 0.626. The van der Waals surface area contributed by atoms with Crippen LogP contribution in [0.15, 0.2) is 33.9 Å². The van der Waals surface area contributed by atoms with Crippen molar-refractivity contribution in [2.24, 2.45) is 13.0 Å². The van der Waals surface area contributed by atoms with Gasteiger partial charge >= 0.3 is 5.69 Å². The van der Waals surface area contributed by atoms with Gasteiger partial charge in [-0.15, -0.1) is 0 Å². The van der Waals surface area contributed by atoms with E-state index in [1.807, 2.05) is 0 Å². The number of rotatable bonds is 3. The third-order valence-electron chi connectivity index (χ3n) is 3.99. The molecule has 0 bridgehead atoms. The molecule has 0 spiro atoms. The van der Waals surface area contributed by atoms with Crippen LogP contribution in [0.5, 0.6) is 5.75 Å². The third kappa shape index (κ3) is 3.65. The maximum absolute atomic E-state index is 12.3. The number of phenolic OH excluding ortho intramolecular Hbond substituents is 1. The van der Waals surface area contributed by atoms with Crippen molar-refractivity contribution in [3.8, 4) is 17.6 Å². The molecule has 2 aromatic rings. The molecule has 0 aliphatic heterocycles. The largest absolute Gasteiger partial charge is 0.508 e. The molecule has 26 heavy (non-hydrogen) atoms. The number of hydrogen-bond donors (Lipinski definition) is 2. The normalized spacial score (nSPS) is 13.0. The first-order valence-electron chi connectivity index (χ1n) is 7.96. The molecule has 1 aromatic heterocycles. The number of carbonyl (C=O) groups excluding carboxylic acids is 1. The van der Waals surface area contributed by atoms with E-state index in [4.69, 9.17) is 11.6 Å². The van der Waals surface area contributed by atoms with Crippen LogP contribution in [0.4, 0.5) is 5.69 Å². The number of nitrogens with one attached hydrogen (secondary N) is 1. The van der Waals surface area contributed by atoms with Gasteiger partial charge in [0.2, 0.25) is 5.91 Å². The number of aromatic nitrogens is 2. The summed E-state index contributed by atoms with van der Waals surface area (Å²) in [5.41, 5.74) is -0.841. The Bertz CT molecular complexity index is 1050. The van der Waals surface area contributed by atoms with Crippen LogP contribution in [0.1, 0.15) is 18.4 Å². The van der Waals surface area contributed by atoms with Crippen molar-refractivity contribution in [1.82, 2.24) is 9.13 Å². The van der Waals surface area contributed by atoms with Crippen LogP contribution in [0.3, 0.4) is 0 Å². The van der Waals surface area contributed by atoms with Crippen molar-refractivity contribution in [3.05, 3.63) is 55.8 Å². The first-order chi connectivity index (χ1) is 12.4. The predicted molar refractivity (Wildman–Crippen MR) is 97.3 cm³/mol. The molecular weight excluding hydrogens is 358 g/mol. The van der Waals surface area contributed by atoms with Crippen LogP contribution in [0.25, 0.3) is 0 Å². The van der Waals surface area contributed by atoms with Gasteiger partial charge in [0, 0.05) is 18.5 Å². The average Bonchev–Trinajstić information content (AvgIpc) is 3.45. The topological polar surface area (TPSA) is 93.3 Å². The Kier molecular flexibility index (Phi) is 4.87. The molecule has 1 amide bonds. The summed E-state index contributed by atoms with van der Waals surface area (Å²) in [6.45, 7) is -0.0757. The maximum atomic E-state index is 12.3. The molecular formula is C18H16ClN3O4. The summed E-state index contributed by atoms with van der Waals surface area (Å²) in [5, 5.41) is 11.8. The number of benzene rings is 1. The van der Waals surface area contributed by atoms with Crippen molar-refractivity contribution >= 4 is 23.2 Å². The van der Waals surface area contributed by atoms with E-state index in [0.717, 1.165) is 22.0 Å². The molecule has 3 rings (SSSR count). The minimum Gasteiger partial charge on any atom is -0.508 e. The first-order valence-corrected chi connectivity index (χ1v) is 8.34. The summed E-state index contributed by atoms with van der Waals surface area (Å²) in [5.74, 6) is 5.28. The summed E-state index contributed by atoms with van der Waals surface area (Å²) >= 11 is 6.19. The van der Waals surface area contributed by atoms with Crippen LogP contribution in [-0.2, 0) is 18.4 Å². The fourth-order valence-corrected chi connectivity index (χ4v) is 2.62. The highest BCUT2D eigenvalue weighted by Gasteiger charge is 2.31. The van der Waals surface area contributed by atoms with Gasteiger partial charge in [-0.2, -0.15) is 0 Å². The summed E-state index contributed by atoms with van der Waals surface area (Å²) in [7, 11) is 1.31. The predicted octanol–water partition coefficient (Wildman–Crippen LogP) is 1.31. The zero-order valence-electron chi connectivity index (χ0n) is 14.0. The SMILES string of the molecule is Cn1c(=O)c(NC(=O)C2CC2)c(Cl)n(CC#Cc2cccc(O)c2)c1=O. The monoisotopic (exact) mass is 373 g/mol. The van der Waals surface area contributed by atoms with Crippen molar-refractivity contribution in [2.45, 2.75) is 19.4 Å². The summed E-state index contributed by atoms with van der Waals surface area (Å²) < 4.78 is 1.99. The number of aromatic hydroxyl groups is 1. The lowest BCUT2D eigenvalue weighted by molar-refractivity contribution is -0.117. The molecule has 1 saturated carbocycles. The Labute approximate surface area is 153 Å². The number of anilines is 1. The molecule has 1 heterocycles. The molecule has 134 valence electrons. The highest BCUT2D eigenvalue weighted by molar-refractivity contribution is 6.32. The van der Waals surface area contributed by atoms with E-state index in [1.54, 1.807) is 12.1 Å². The standard InChI is InChI=1S/C18H16ClN3O4/c1-21-17(25)14(20-16(24)12-7-8-12)15(19)22(18(21)26)9-3-5-11-4-2-6-13(23)10-11/h2,4,6,10,12,23H,7-9H2,1H3,(H,20,24). The minimum absolute atomic E-state index is 0.0757. The van der Waals surface area contributed by atoms with Gasteiger partial charge in [0.25, 0.3) is 5.56 Å². The maximum Gasteiger partial charge on any atom is 0.332 e. The molecule has 0 atom stereocenters. The molecule has 1 aromatic carbocycles. The molecule has 2 N–H and O–H groups in total. The number of hydrogen-bond acceptors (Lipinski definition) is 4. The van der Waals surface area contributed by atoms with E-state index in [1.165, 1.54) is 19.2 Å². The van der Waals surface area contributed by atoms with Crippen molar-refractivity contribution in [3.63, 3.8) is 0 Å². The number of carbonyl (C=O) groups is 1. The zero-order valence-corrected chi connectivity index (χ0v) is 14.7. The van der Waals surface area contributed by atoms with E-state index in [2.05, 4.69) is 17.2 Å². The molecule has 8 heteroatoms. The van der Waals surface area contributed by atoms with Crippen LogP contribution in [0, 0.1) is 17.8 Å². The van der Waals surface area contributed by atoms with Crippen LogP contribution >= 0.6 is 11.6 Å². The lowest BCUT2D eigenvalue weighted by atomic mass is 10.2. The van der Waals surface area contributed by atoms with Crippen molar-refractivity contribution < 1.29 is 9.90 Å². The molecule has 1 fully saturated rings. The van der Waals surface area contributed by atoms with Gasteiger partial charge in [0.15, 0.2) is 0 Å². The van der Waals surface area contributed by atoms with Crippen LogP contribution in [-0.4, -0.2) is 20.1 Å². The number of phenols is 1. The van der Waals surface area contributed by atoms with Crippen molar-refractivity contribution in [2.75, 3.05) is 5.32 Å². The minimum atomic E-state index is -0.661. The van der Waals surface area contributed by atoms with Gasteiger partial charge in [-0.3, -0.25) is 18.7 Å². The third-order valence-corrected chi connectivity index (χ3v) is 4.39. The lowest BCUT2D eigenvalue weighted by Gasteiger charge is -2.12. The Morgan fingerprint density at radius 2 is 2.12 bits per heavy atom. The second-order valence-electron chi connectivity index (χ2n) is 6.01. The Balaban J connectivity index is 1.94.